The van der Waals surface area contributed by atoms with Gasteiger partial charge >= 0.3 is 5.63 Å². The number of nitrogens with zero attached hydrogens (tertiary/aromatic N) is 1. The van der Waals surface area contributed by atoms with Crippen LogP contribution < -0.4 is 33.0 Å². The van der Waals surface area contributed by atoms with Gasteiger partial charge in [0, 0.05) is 18.2 Å². The fourth-order valence-corrected chi connectivity index (χ4v) is 2.81. The highest BCUT2D eigenvalue weighted by Gasteiger charge is 2.22. The first kappa shape index (κ1) is 22.8. The molecular formula is C19H26N6O5. The molecule has 7 N–H and O–H groups in total. The van der Waals surface area contributed by atoms with Gasteiger partial charge in [0.1, 0.15) is 6.04 Å². The topological polar surface area (TPSA) is 182 Å². The Balaban J connectivity index is 2.33. The first-order valence-electron chi connectivity index (χ1n) is 9.41. The Labute approximate surface area is 172 Å². The van der Waals surface area contributed by atoms with E-state index >= 15 is 0 Å². The summed E-state index contributed by atoms with van der Waals surface area (Å²) >= 11 is 0. The zero-order valence-electron chi connectivity index (χ0n) is 17.1. The number of hydrogen-bond donors (Lipinski definition) is 5. The van der Waals surface area contributed by atoms with E-state index in [1.807, 2.05) is 13.8 Å². The summed E-state index contributed by atoms with van der Waals surface area (Å²) in [7, 11) is 0. The molecule has 11 nitrogen and oxygen atoms in total. The van der Waals surface area contributed by atoms with Crippen molar-refractivity contribution in [2.75, 3.05) is 17.2 Å². The van der Waals surface area contributed by atoms with E-state index in [9.17, 15) is 19.2 Å². The highest BCUT2D eigenvalue weighted by Crippen LogP contribution is 2.21. The third-order valence-corrected chi connectivity index (χ3v) is 4.13. The van der Waals surface area contributed by atoms with Gasteiger partial charge in [-0.05, 0) is 44.9 Å². The van der Waals surface area contributed by atoms with Crippen LogP contribution >= 0.6 is 0 Å². The first-order chi connectivity index (χ1) is 14.1. The summed E-state index contributed by atoms with van der Waals surface area (Å²) < 4.78 is 5.18. The van der Waals surface area contributed by atoms with Crippen molar-refractivity contribution in [3.8, 4) is 0 Å². The summed E-state index contributed by atoms with van der Waals surface area (Å²) in [6, 6.07) is 2.18. The van der Waals surface area contributed by atoms with Gasteiger partial charge in [-0.15, -0.1) is 0 Å². The van der Waals surface area contributed by atoms with E-state index < -0.39 is 29.4 Å². The molecule has 2 rings (SSSR count). The van der Waals surface area contributed by atoms with E-state index in [2.05, 4.69) is 20.9 Å². The molecule has 0 saturated heterocycles. The number of benzene rings is 1. The van der Waals surface area contributed by atoms with Gasteiger partial charge in [-0.3, -0.25) is 14.4 Å². The van der Waals surface area contributed by atoms with Gasteiger partial charge in [0.2, 0.25) is 17.7 Å². The van der Waals surface area contributed by atoms with Crippen LogP contribution in [0.25, 0.3) is 10.9 Å². The molecule has 0 unspecified atom stereocenters. The van der Waals surface area contributed by atoms with E-state index in [4.69, 9.17) is 15.9 Å². The molecule has 0 saturated carbocycles. The van der Waals surface area contributed by atoms with Gasteiger partial charge in [0.05, 0.1) is 17.4 Å². The van der Waals surface area contributed by atoms with E-state index in [0.29, 0.717) is 22.2 Å². The van der Waals surface area contributed by atoms with E-state index in [-0.39, 0.29) is 31.4 Å². The largest absolute Gasteiger partial charge is 0.389 e. The molecule has 0 aliphatic rings. The number of amides is 3. The average Bonchev–Trinajstić information content (AvgIpc) is 2.63. The molecule has 0 fully saturated rings. The molecule has 1 atom stereocenters. The number of nitrogens with two attached hydrogens (primary N) is 2. The van der Waals surface area contributed by atoms with Crippen molar-refractivity contribution in [3.05, 3.63) is 28.1 Å². The van der Waals surface area contributed by atoms with Crippen LogP contribution in [0.5, 0.6) is 0 Å². The van der Waals surface area contributed by atoms with Crippen molar-refractivity contribution in [2.45, 2.75) is 45.7 Å². The standard InChI is InChI=1S/C19H26N6O5/c1-9(2)22-19-25-13-7-11(6-10(3)16(13)18(29)30-19)23-17(28)12(4-5-14(21)26)24-15(27)8-20/h6-7,9,12H,4-5,8,20H2,1-3H3,(H2,21,26)(H,22,25)(H,23,28)(H,24,27)/t12-/m0/s1. The van der Waals surface area contributed by atoms with Crippen molar-refractivity contribution < 1.29 is 18.8 Å². The second-order valence-corrected chi connectivity index (χ2v) is 7.11. The van der Waals surface area contributed by atoms with E-state index in [0.717, 1.165) is 0 Å². The molecule has 0 bridgehead atoms. The molecule has 0 radical (unpaired) electrons. The Morgan fingerprint density at radius 2 is 1.93 bits per heavy atom. The number of anilines is 2. The lowest BCUT2D eigenvalue weighted by molar-refractivity contribution is -0.126. The molecule has 2 aromatic rings. The number of carbonyl (C=O) groups is 3. The normalized spacial score (nSPS) is 11.9. The average molecular weight is 418 g/mol. The molecule has 30 heavy (non-hydrogen) atoms. The summed E-state index contributed by atoms with van der Waals surface area (Å²) in [5, 5.41) is 8.35. The van der Waals surface area contributed by atoms with Crippen molar-refractivity contribution >= 4 is 40.3 Å². The van der Waals surface area contributed by atoms with Gasteiger partial charge in [0.25, 0.3) is 6.01 Å². The van der Waals surface area contributed by atoms with Crippen LogP contribution in [0, 0.1) is 6.92 Å². The quantitative estimate of drug-likeness (QED) is 0.376. The number of primary amides is 1. The summed E-state index contributed by atoms with van der Waals surface area (Å²) in [5.74, 6) is -1.70. The molecule has 1 aromatic carbocycles. The maximum Gasteiger partial charge on any atom is 0.348 e. The monoisotopic (exact) mass is 418 g/mol. The third-order valence-electron chi connectivity index (χ3n) is 4.13. The van der Waals surface area contributed by atoms with Crippen LogP contribution in [-0.2, 0) is 14.4 Å². The Morgan fingerprint density at radius 3 is 2.53 bits per heavy atom. The van der Waals surface area contributed by atoms with Gasteiger partial charge < -0.3 is 31.8 Å². The second-order valence-electron chi connectivity index (χ2n) is 7.11. The number of aromatic nitrogens is 1. The molecule has 11 heteroatoms. The predicted molar refractivity (Wildman–Crippen MR) is 112 cm³/mol. The molecule has 0 aliphatic heterocycles. The molecular weight excluding hydrogens is 392 g/mol. The highest BCUT2D eigenvalue weighted by molar-refractivity contribution is 5.99. The summed E-state index contributed by atoms with van der Waals surface area (Å²) in [6.45, 7) is 5.12. The maximum atomic E-state index is 12.7. The Hall–Kier alpha value is -3.47. The lowest BCUT2D eigenvalue weighted by atomic mass is 10.1. The third kappa shape index (κ3) is 6.01. The van der Waals surface area contributed by atoms with Crippen molar-refractivity contribution in [3.63, 3.8) is 0 Å². The van der Waals surface area contributed by atoms with Crippen LogP contribution in [0.4, 0.5) is 11.7 Å². The van der Waals surface area contributed by atoms with Crippen molar-refractivity contribution in [1.29, 1.82) is 0 Å². The lowest BCUT2D eigenvalue weighted by Crippen LogP contribution is -2.46. The number of aryl methyl sites for hydroxylation is 1. The summed E-state index contributed by atoms with van der Waals surface area (Å²) in [4.78, 5) is 52.0. The number of fused-ring (bicyclic) bond motifs is 1. The van der Waals surface area contributed by atoms with Gasteiger partial charge in [-0.25, -0.2) is 4.79 Å². The van der Waals surface area contributed by atoms with Gasteiger partial charge in [-0.1, -0.05) is 0 Å². The number of rotatable bonds is 9. The first-order valence-corrected chi connectivity index (χ1v) is 9.41. The number of nitrogens with one attached hydrogen (secondary N) is 3. The maximum absolute atomic E-state index is 12.7. The molecule has 3 amide bonds. The Kier molecular flexibility index (Phi) is 7.48. The minimum atomic E-state index is -1.00. The zero-order chi connectivity index (χ0) is 22.4. The second kappa shape index (κ2) is 9.83. The number of hydrogen-bond acceptors (Lipinski definition) is 8. The minimum Gasteiger partial charge on any atom is -0.389 e. The van der Waals surface area contributed by atoms with Crippen LogP contribution in [0.1, 0.15) is 32.3 Å². The van der Waals surface area contributed by atoms with Crippen molar-refractivity contribution in [1.82, 2.24) is 10.3 Å². The van der Waals surface area contributed by atoms with Crippen LogP contribution in [0.15, 0.2) is 21.3 Å². The van der Waals surface area contributed by atoms with E-state index in [1.54, 1.807) is 13.0 Å². The van der Waals surface area contributed by atoms with Crippen LogP contribution in [0.3, 0.4) is 0 Å². The lowest BCUT2D eigenvalue weighted by Gasteiger charge is -2.18. The Morgan fingerprint density at radius 1 is 1.23 bits per heavy atom. The Bertz CT molecular complexity index is 1020. The predicted octanol–water partition coefficient (Wildman–Crippen LogP) is -0.0358. The molecule has 0 spiro atoms. The highest BCUT2D eigenvalue weighted by atomic mass is 16.4. The number of carbonyl (C=O) groups excluding carboxylic acids is 3. The van der Waals surface area contributed by atoms with Crippen molar-refractivity contribution in [2.24, 2.45) is 11.5 Å². The fraction of sp³-hybridized carbons (Fsp3) is 0.421. The molecule has 0 aliphatic carbocycles. The molecule has 1 heterocycles. The van der Waals surface area contributed by atoms with Gasteiger partial charge in [-0.2, -0.15) is 4.98 Å². The zero-order valence-corrected chi connectivity index (χ0v) is 17.1. The smallest absolute Gasteiger partial charge is 0.348 e. The van der Waals surface area contributed by atoms with E-state index in [1.165, 1.54) is 6.07 Å². The fourth-order valence-electron chi connectivity index (χ4n) is 2.81. The summed E-state index contributed by atoms with van der Waals surface area (Å²) in [5.41, 5.74) is 11.1. The molecule has 1 aromatic heterocycles. The minimum absolute atomic E-state index is 0.000692. The van der Waals surface area contributed by atoms with Crippen LogP contribution in [-0.4, -0.2) is 41.3 Å². The van der Waals surface area contributed by atoms with Crippen LogP contribution in [0.2, 0.25) is 0 Å². The summed E-state index contributed by atoms with van der Waals surface area (Å²) in [6.07, 6.45) is -0.0731. The molecule has 162 valence electrons. The SMILES string of the molecule is Cc1cc(NC(=O)[C@H](CCC(N)=O)NC(=O)CN)cc2nc(NC(C)C)oc(=O)c12. The van der Waals surface area contributed by atoms with Gasteiger partial charge in [0.15, 0.2) is 0 Å².